The normalized spacial score (nSPS) is 18.0. The van der Waals surface area contributed by atoms with Gasteiger partial charge in [-0.3, -0.25) is 9.59 Å². The highest BCUT2D eigenvalue weighted by Crippen LogP contribution is 2.39. The van der Waals surface area contributed by atoms with Crippen LogP contribution in [-0.4, -0.2) is 37.8 Å². The molecule has 2 aromatic carbocycles. The lowest BCUT2D eigenvalue weighted by atomic mass is 9.95. The van der Waals surface area contributed by atoms with E-state index in [1.54, 1.807) is 41.7 Å². The molecular formula is C23H19Br2N3O3. The number of hydrogen-bond donors (Lipinski definition) is 1. The van der Waals surface area contributed by atoms with Gasteiger partial charge in [-0.15, -0.1) is 0 Å². The second kappa shape index (κ2) is 9.20. The molecule has 0 aliphatic carbocycles. The first-order valence-corrected chi connectivity index (χ1v) is 11.3. The summed E-state index contributed by atoms with van der Waals surface area (Å²) in [5.74, 6) is -1.44. The maximum Gasteiger partial charge on any atom is 0.295 e. The molecule has 1 fully saturated rings. The fourth-order valence-corrected chi connectivity index (χ4v) is 4.24. The zero-order chi connectivity index (χ0) is 22.0. The van der Waals surface area contributed by atoms with Crippen molar-refractivity contribution in [2.45, 2.75) is 19.0 Å². The molecule has 0 bridgehead atoms. The summed E-state index contributed by atoms with van der Waals surface area (Å²) in [6, 6.07) is 13.8. The number of Topliss-reactive ketones (excluding diaryl/α,β-unsaturated/α-hetero) is 1. The molecule has 1 N–H and O–H groups in total. The standard InChI is InChI=1S/C23H19Br2N3O3/c24-17-6-2-15(3-7-17)20-19(21(29)16-4-8-18(25)9-5-16)22(30)23(31)28(20)12-1-11-27-13-10-26-14-27/h2-10,13-14,20,29H,1,11-12H2/t20-/m0/s1. The molecule has 1 aliphatic heterocycles. The van der Waals surface area contributed by atoms with Gasteiger partial charge in [0, 0.05) is 40.0 Å². The van der Waals surface area contributed by atoms with Gasteiger partial charge in [-0.2, -0.15) is 0 Å². The van der Waals surface area contributed by atoms with Gasteiger partial charge >= 0.3 is 0 Å². The van der Waals surface area contributed by atoms with Gasteiger partial charge < -0.3 is 14.6 Å². The third-order valence-corrected chi connectivity index (χ3v) is 6.28. The van der Waals surface area contributed by atoms with Gasteiger partial charge in [-0.05, 0) is 36.2 Å². The predicted molar refractivity (Wildman–Crippen MR) is 124 cm³/mol. The lowest BCUT2D eigenvalue weighted by Crippen LogP contribution is -2.31. The lowest BCUT2D eigenvalue weighted by Gasteiger charge is -2.25. The molecule has 1 saturated heterocycles. The number of halogens is 2. The van der Waals surface area contributed by atoms with Crippen molar-refractivity contribution in [2.24, 2.45) is 0 Å². The Hall–Kier alpha value is -2.71. The molecule has 1 aromatic heterocycles. The maximum absolute atomic E-state index is 13.0. The lowest BCUT2D eigenvalue weighted by molar-refractivity contribution is -0.139. The van der Waals surface area contributed by atoms with E-state index >= 15 is 0 Å². The van der Waals surface area contributed by atoms with Crippen LogP contribution in [0.1, 0.15) is 23.6 Å². The molecule has 1 atom stereocenters. The molecule has 0 saturated carbocycles. The zero-order valence-electron chi connectivity index (χ0n) is 16.4. The number of carbonyl (C=O) groups is 2. The smallest absolute Gasteiger partial charge is 0.295 e. The van der Waals surface area contributed by atoms with E-state index in [1.807, 2.05) is 35.0 Å². The van der Waals surface area contributed by atoms with Crippen LogP contribution in [0.2, 0.25) is 0 Å². The second-order valence-corrected chi connectivity index (χ2v) is 9.04. The number of rotatable bonds is 6. The minimum absolute atomic E-state index is 0.109. The van der Waals surface area contributed by atoms with Crippen LogP contribution in [0.15, 0.2) is 81.8 Å². The summed E-state index contributed by atoms with van der Waals surface area (Å²) in [5.41, 5.74) is 1.36. The van der Waals surface area contributed by atoms with Crippen molar-refractivity contribution in [3.8, 4) is 0 Å². The van der Waals surface area contributed by atoms with Crippen LogP contribution < -0.4 is 0 Å². The van der Waals surface area contributed by atoms with E-state index in [-0.39, 0.29) is 11.3 Å². The van der Waals surface area contributed by atoms with E-state index in [0.717, 1.165) is 14.5 Å². The summed E-state index contributed by atoms with van der Waals surface area (Å²) < 4.78 is 3.67. The van der Waals surface area contributed by atoms with Crippen molar-refractivity contribution < 1.29 is 14.7 Å². The number of imidazole rings is 1. The van der Waals surface area contributed by atoms with Crippen LogP contribution in [0.5, 0.6) is 0 Å². The van der Waals surface area contributed by atoms with Crippen molar-refractivity contribution in [2.75, 3.05) is 6.54 Å². The highest BCUT2D eigenvalue weighted by molar-refractivity contribution is 9.10. The minimum atomic E-state index is -0.670. The molecular weight excluding hydrogens is 526 g/mol. The molecule has 0 radical (unpaired) electrons. The molecule has 31 heavy (non-hydrogen) atoms. The monoisotopic (exact) mass is 543 g/mol. The Kier molecular flexibility index (Phi) is 6.38. The number of carbonyl (C=O) groups excluding carboxylic acids is 2. The molecule has 6 nitrogen and oxygen atoms in total. The zero-order valence-corrected chi connectivity index (χ0v) is 19.6. The summed E-state index contributed by atoms with van der Waals surface area (Å²) in [4.78, 5) is 31.5. The number of amides is 1. The van der Waals surface area contributed by atoms with E-state index < -0.39 is 17.7 Å². The number of aryl methyl sites for hydroxylation is 1. The van der Waals surface area contributed by atoms with Crippen LogP contribution in [0, 0.1) is 0 Å². The molecule has 1 amide bonds. The molecule has 158 valence electrons. The Labute approximate surface area is 196 Å². The van der Waals surface area contributed by atoms with Crippen molar-refractivity contribution in [3.63, 3.8) is 0 Å². The van der Waals surface area contributed by atoms with Gasteiger partial charge in [-0.1, -0.05) is 56.1 Å². The first-order chi connectivity index (χ1) is 15.0. The Balaban J connectivity index is 1.72. The summed E-state index contributed by atoms with van der Waals surface area (Å²) in [6.07, 6.45) is 5.92. The van der Waals surface area contributed by atoms with Crippen molar-refractivity contribution in [1.82, 2.24) is 14.5 Å². The number of aliphatic hydroxyl groups is 1. The van der Waals surface area contributed by atoms with Gasteiger partial charge in [0.25, 0.3) is 11.7 Å². The molecule has 4 rings (SSSR count). The fourth-order valence-electron chi connectivity index (χ4n) is 3.71. The molecule has 1 aliphatic rings. The largest absolute Gasteiger partial charge is 0.507 e. The van der Waals surface area contributed by atoms with Gasteiger partial charge in [-0.25, -0.2) is 4.98 Å². The Morgan fingerprint density at radius 2 is 1.61 bits per heavy atom. The average molecular weight is 545 g/mol. The van der Waals surface area contributed by atoms with Crippen LogP contribution in [0.4, 0.5) is 0 Å². The Bertz CT molecular complexity index is 1120. The first kappa shape index (κ1) is 21.5. The summed E-state index contributed by atoms with van der Waals surface area (Å²) in [7, 11) is 0. The van der Waals surface area contributed by atoms with E-state index in [2.05, 4.69) is 36.8 Å². The first-order valence-electron chi connectivity index (χ1n) is 9.71. The quantitative estimate of drug-likeness (QED) is 0.271. The maximum atomic E-state index is 13.0. The number of ketones is 1. The number of likely N-dealkylation sites (tertiary alicyclic amines) is 1. The minimum Gasteiger partial charge on any atom is -0.507 e. The number of aliphatic hydroxyl groups excluding tert-OH is 1. The van der Waals surface area contributed by atoms with Crippen LogP contribution in [0.25, 0.3) is 5.76 Å². The van der Waals surface area contributed by atoms with Crippen molar-refractivity contribution in [3.05, 3.63) is 92.9 Å². The highest BCUT2D eigenvalue weighted by Gasteiger charge is 2.45. The summed E-state index contributed by atoms with van der Waals surface area (Å²) >= 11 is 6.79. The third-order valence-electron chi connectivity index (χ3n) is 5.22. The predicted octanol–water partition coefficient (Wildman–Crippen LogP) is 4.92. The number of aromatic nitrogens is 2. The fraction of sp³-hybridized carbons (Fsp3) is 0.174. The second-order valence-electron chi connectivity index (χ2n) is 7.20. The van der Waals surface area contributed by atoms with E-state index in [0.29, 0.717) is 25.1 Å². The van der Waals surface area contributed by atoms with Gasteiger partial charge in [0.2, 0.25) is 0 Å². The van der Waals surface area contributed by atoms with Crippen LogP contribution >= 0.6 is 31.9 Å². The van der Waals surface area contributed by atoms with Crippen molar-refractivity contribution >= 4 is 49.3 Å². The van der Waals surface area contributed by atoms with Crippen molar-refractivity contribution in [1.29, 1.82) is 0 Å². The van der Waals surface area contributed by atoms with E-state index in [4.69, 9.17) is 0 Å². The van der Waals surface area contributed by atoms with Crippen LogP contribution in [-0.2, 0) is 16.1 Å². The molecule has 8 heteroatoms. The van der Waals surface area contributed by atoms with Crippen LogP contribution in [0.3, 0.4) is 0 Å². The average Bonchev–Trinajstić information content (AvgIpc) is 3.37. The summed E-state index contributed by atoms with van der Waals surface area (Å²) in [5, 5.41) is 11.0. The Morgan fingerprint density at radius 3 is 2.23 bits per heavy atom. The molecule has 0 unspecified atom stereocenters. The van der Waals surface area contributed by atoms with E-state index in [9.17, 15) is 14.7 Å². The summed E-state index contributed by atoms with van der Waals surface area (Å²) in [6.45, 7) is 1.05. The topological polar surface area (TPSA) is 75.4 Å². The Morgan fingerprint density at radius 1 is 0.968 bits per heavy atom. The SMILES string of the molecule is O=C1C(=O)N(CCCn2ccnc2)[C@@H](c2ccc(Br)cc2)C1=C(O)c1ccc(Br)cc1. The number of benzene rings is 2. The number of nitrogens with zero attached hydrogens (tertiary/aromatic N) is 3. The van der Waals surface area contributed by atoms with Gasteiger partial charge in [0.05, 0.1) is 17.9 Å². The number of hydrogen-bond acceptors (Lipinski definition) is 4. The van der Waals surface area contributed by atoms with Gasteiger partial charge in [0.15, 0.2) is 0 Å². The van der Waals surface area contributed by atoms with E-state index in [1.165, 1.54) is 0 Å². The highest BCUT2D eigenvalue weighted by atomic mass is 79.9. The molecule has 3 aromatic rings. The molecule has 0 spiro atoms. The molecule has 2 heterocycles. The third kappa shape index (κ3) is 4.50. The van der Waals surface area contributed by atoms with Gasteiger partial charge in [0.1, 0.15) is 5.76 Å².